The van der Waals surface area contributed by atoms with Gasteiger partial charge < -0.3 is 10.1 Å². The van der Waals surface area contributed by atoms with Gasteiger partial charge in [-0.25, -0.2) is 0 Å². The fourth-order valence-corrected chi connectivity index (χ4v) is 4.26. The minimum absolute atomic E-state index is 0.0249. The summed E-state index contributed by atoms with van der Waals surface area (Å²) in [5, 5.41) is 15.5. The normalized spacial score (nSPS) is 23.5. The number of nitro benzene ring substituents is 1. The van der Waals surface area contributed by atoms with Crippen molar-refractivity contribution in [3.8, 4) is 5.75 Å². The fraction of sp³-hybridized carbons (Fsp3) is 0.263. The maximum atomic E-state index is 11.5. The van der Waals surface area contributed by atoms with E-state index in [0.29, 0.717) is 16.3 Å². The van der Waals surface area contributed by atoms with Gasteiger partial charge in [-0.3, -0.25) is 10.1 Å². The zero-order valence-corrected chi connectivity index (χ0v) is 14.4. The second kappa shape index (κ2) is 6.08. The van der Waals surface area contributed by atoms with Crippen molar-refractivity contribution >= 4 is 23.0 Å². The number of nitrogens with zero attached hydrogens (tertiary/aromatic N) is 1. The van der Waals surface area contributed by atoms with Crippen molar-refractivity contribution < 1.29 is 9.66 Å². The number of anilines is 1. The molecule has 0 bridgehead atoms. The minimum Gasteiger partial charge on any atom is -0.496 e. The van der Waals surface area contributed by atoms with Gasteiger partial charge in [-0.2, -0.15) is 0 Å². The van der Waals surface area contributed by atoms with E-state index in [1.165, 1.54) is 6.07 Å². The molecule has 128 valence electrons. The predicted octanol–water partition coefficient (Wildman–Crippen LogP) is 5.08. The molecule has 0 aromatic heterocycles. The van der Waals surface area contributed by atoms with Crippen LogP contribution in [-0.4, -0.2) is 12.0 Å². The van der Waals surface area contributed by atoms with Gasteiger partial charge in [0, 0.05) is 17.5 Å². The van der Waals surface area contributed by atoms with E-state index in [1.54, 1.807) is 13.2 Å². The quantitative estimate of drug-likeness (QED) is 0.473. The number of fused-ring (bicyclic) bond motifs is 3. The first-order chi connectivity index (χ1) is 12.1. The highest BCUT2D eigenvalue weighted by molar-refractivity contribution is 6.33. The highest BCUT2D eigenvalue weighted by atomic mass is 35.5. The molecule has 5 nitrogen and oxygen atoms in total. The number of halogens is 1. The SMILES string of the molecule is COc1ccccc1[C@@H]1Nc2c(Cl)ccc([N+](=O)[O-])c2[C@@H]2C=CC[C@@H]21. The number of hydrogen-bond acceptors (Lipinski definition) is 4. The van der Waals surface area contributed by atoms with Crippen LogP contribution in [0.2, 0.25) is 5.02 Å². The van der Waals surface area contributed by atoms with Gasteiger partial charge in [-0.05, 0) is 24.5 Å². The molecule has 0 radical (unpaired) electrons. The molecule has 0 saturated heterocycles. The Morgan fingerprint density at radius 3 is 2.84 bits per heavy atom. The number of allylic oxidation sites excluding steroid dienone is 2. The summed E-state index contributed by atoms with van der Waals surface area (Å²) in [5.74, 6) is 0.946. The molecular formula is C19H17ClN2O3. The van der Waals surface area contributed by atoms with Crippen LogP contribution in [0.5, 0.6) is 5.75 Å². The number of para-hydroxylation sites is 1. The first-order valence-electron chi connectivity index (χ1n) is 8.14. The monoisotopic (exact) mass is 356 g/mol. The number of hydrogen-bond donors (Lipinski definition) is 1. The molecule has 1 aliphatic heterocycles. The second-order valence-electron chi connectivity index (χ2n) is 6.33. The van der Waals surface area contributed by atoms with E-state index in [2.05, 4.69) is 17.5 Å². The number of nitro groups is 1. The molecule has 1 N–H and O–H groups in total. The molecule has 3 atom stereocenters. The molecule has 1 heterocycles. The molecule has 4 rings (SSSR count). The van der Waals surface area contributed by atoms with Crippen molar-refractivity contribution in [1.82, 2.24) is 0 Å². The van der Waals surface area contributed by atoms with Gasteiger partial charge in [-0.15, -0.1) is 0 Å². The zero-order chi connectivity index (χ0) is 17.6. The Bertz CT molecular complexity index is 881. The maximum Gasteiger partial charge on any atom is 0.275 e. The van der Waals surface area contributed by atoms with Gasteiger partial charge in [0.2, 0.25) is 0 Å². The molecule has 0 spiro atoms. The van der Waals surface area contributed by atoms with Crippen LogP contribution in [-0.2, 0) is 0 Å². The number of rotatable bonds is 3. The lowest BCUT2D eigenvalue weighted by Gasteiger charge is -2.38. The Balaban J connectivity index is 1.89. The molecule has 0 unspecified atom stereocenters. The summed E-state index contributed by atoms with van der Waals surface area (Å²) in [6.07, 6.45) is 5.01. The number of methoxy groups -OCH3 is 1. The summed E-state index contributed by atoms with van der Waals surface area (Å²) in [4.78, 5) is 11.2. The smallest absolute Gasteiger partial charge is 0.275 e. The second-order valence-corrected chi connectivity index (χ2v) is 6.74. The maximum absolute atomic E-state index is 11.5. The van der Waals surface area contributed by atoms with Crippen molar-refractivity contribution in [3.05, 3.63) is 74.8 Å². The highest BCUT2D eigenvalue weighted by Crippen LogP contribution is 2.55. The molecule has 0 saturated carbocycles. The molecule has 0 amide bonds. The average molecular weight is 357 g/mol. The van der Waals surface area contributed by atoms with Gasteiger partial charge in [-0.1, -0.05) is 42.0 Å². The number of ether oxygens (including phenoxy) is 1. The summed E-state index contributed by atoms with van der Waals surface area (Å²) in [7, 11) is 1.65. The first kappa shape index (κ1) is 16.0. The molecule has 2 aromatic rings. The summed E-state index contributed by atoms with van der Waals surface area (Å²) in [6, 6.07) is 10.9. The predicted molar refractivity (Wildman–Crippen MR) is 97.5 cm³/mol. The van der Waals surface area contributed by atoms with Gasteiger partial charge >= 0.3 is 0 Å². The molecular weight excluding hydrogens is 340 g/mol. The summed E-state index contributed by atoms with van der Waals surface area (Å²) in [6.45, 7) is 0. The van der Waals surface area contributed by atoms with Crippen LogP contribution in [0.1, 0.15) is 29.5 Å². The third kappa shape index (κ3) is 2.46. The Morgan fingerprint density at radius 2 is 2.08 bits per heavy atom. The van der Waals surface area contributed by atoms with Crippen LogP contribution >= 0.6 is 11.6 Å². The minimum atomic E-state index is -0.330. The van der Waals surface area contributed by atoms with Crippen molar-refractivity contribution in [1.29, 1.82) is 0 Å². The first-order valence-corrected chi connectivity index (χ1v) is 8.52. The average Bonchev–Trinajstić information content (AvgIpc) is 3.11. The van der Waals surface area contributed by atoms with Crippen LogP contribution in [0.15, 0.2) is 48.6 Å². The molecule has 2 aliphatic rings. The van der Waals surface area contributed by atoms with Crippen molar-refractivity contribution in [2.75, 3.05) is 12.4 Å². The number of benzene rings is 2. The Morgan fingerprint density at radius 1 is 1.28 bits per heavy atom. The van der Waals surface area contributed by atoms with Crippen molar-refractivity contribution in [2.45, 2.75) is 18.4 Å². The molecule has 25 heavy (non-hydrogen) atoms. The van der Waals surface area contributed by atoms with E-state index in [0.717, 1.165) is 17.7 Å². The van der Waals surface area contributed by atoms with Gasteiger partial charge in [0.15, 0.2) is 0 Å². The molecule has 2 aromatic carbocycles. The van der Waals surface area contributed by atoms with E-state index < -0.39 is 0 Å². The van der Waals surface area contributed by atoms with E-state index >= 15 is 0 Å². The van der Waals surface area contributed by atoms with Crippen LogP contribution < -0.4 is 10.1 Å². The Hall–Kier alpha value is -2.53. The molecule has 6 heteroatoms. The van der Waals surface area contributed by atoms with Crippen LogP contribution in [0.3, 0.4) is 0 Å². The lowest BCUT2D eigenvalue weighted by atomic mass is 9.76. The molecule has 1 aliphatic carbocycles. The van der Waals surface area contributed by atoms with Crippen LogP contribution in [0.4, 0.5) is 11.4 Å². The Labute approximate surface area is 150 Å². The summed E-state index contributed by atoms with van der Waals surface area (Å²) < 4.78 is 5.53. The zero-order valence-electron chi connectivity index (χ0n) is 13.6. The van der Waals surface area contributed by atoms with Gasteiger partial charge in [0.05, 0.1) is 34.3 Å². The molecule has 0 fully saturated rings. The summed E-state index contributed by atoms with van der Waals surface area (Å²) >= 11 is 6.40. The summed E-state index contributed by atoms with van der Waals surface area (Å²) in [5.41, 5.74) is 2.49. The van der Waals surface area contributed by atoms with E-state index in [4.69, 9.17) is 16.3 Å². The van der Waals surface area contributed by atoms with Gasteiger partial charge in [0.1, 0.15) is 5.75 Å². The fourth-order valence-electron chi connectivity index (χ4n) is 4.04. The van der Waals surface area contributed by atoms with Crippen LogP contribution in [0.25, 0.3) is 0 Å². The standard InChI is InChI=1S/C19H17ClN2O3/c1-25-16-8-3-2-5-13(16)18-12-7-4-6-11(12)17-15(22(23)24)10-9-14(20)19(17)21-18/h2-6,8-12,18,21H,7H2,1H3/t11-,12+,18-/m1/s1. The van der Waals surface area contributed by atoms with Crippen LogP contribution in [0, 0.1) is 16.0 Å². The van der Waals surface area contributed by atoms with Crippen molar-refractivity contribution in [3.63, 3.8) is 0 Å². The third-order valence-electron chi connectivity index (χ3n) is 5.12. The topological polar surface area (TPSA) is 64.4 Å². The number of nitrogens with one attached hydrogen (secondary N) is 1. The van der Waals surface area contributed by atoms with E-state index in [-0.39, 0.29) is 28.5 Å². The highest BCUT2D eigenvalue weighted by Gasteiger charge is 2.43. The lowest BCUT2D eigenvalue weighted by molar-refractivity contribution is -0.385. The van der Waals surface area contributed by atoms with E-state index in [1.807, 2.05) is 24.3 Å². The van der Waals surface area contributed by atoms with Gasteiger partial charge in [0.25, 0.3) is 5.69 Å². The lowest BCUT2D eigenvalue weighted by Crippen LogP contribution is -2.30. The van der Waals surface area contributed by atoms with E-state index in [9.17, 15) is 10.1 Å². The van der Waals surface area contributed by atoms with Crippen molar-refractivity contribution in [2.24, 2.45) is 5.92 Å². The Kier molecular flexibility index (Phi) is 3.88. The third-order valence-corrected chi connectivity index (χ3v) is 5.43. The largest absolute Gasteiger partial charge is 0.496 e.